The van der Waals surface area contributed by atoms with Crippen molar-refractivity contribution in [2.45, 2.75) is 33.1 Å². The Morgan fingerprint density at radius 2 is 2.08 bits per heavy atom. The molecule has 1 unspecified atom stereocenters. The summed E-state index contributed by atoms with van der Waals surface area (Å²) in [5.74, 6) is -0.707. The molecule has 0 bridgehead atoms. The fourth-order valence-electron chi connectivity index (χ4n) is 1.24. The Hall–Kier alpha value is -1.06. The number of carbonyl (C=O) groups is 1. The van der Waals surface area contributed by atoms with Crippen LogP contribution in [0.3, 0.4) is 0 Å². The smallest absolute Gasteiger partial charge is 0.306 e. The molecule has 0 amide bonds. The summed E-state index contributed by atoms with van der Waals surface area (Å²) < 4.78 is 0. The van der Waals surface area contributed by atoms with Crippen molar-refractivity contribution in [1.82, 2.24) is 0 Å². The van der Waals surface area contributed by atoms with Crippen LogP contribution in [-0.4, -0.2) is 16.9 Å². The Kier molecular flexibility index (Phi) is 5.11. The van der Waals surface area contributed by atoms with Crippen LogP contribution in [0.5, 0.6) is 0 Å². The Morgan fingerprint density at radius 1 is 1.54 bits per heavy atom. The lowest BCUT2D eigenvalue weighted by Crippen LogP contribution is -2.19. The van der Waals surface area contributed by atoms with Crippen LogP contribution in [0.2, 0.25) is 0 Å². The van der Waals surface area contributed by atoms with Gasteiger partial charge < -0.3 is 10.8 Å². The molecule has 0 saturated heterocycles. The molecule has 0 aromatic heterocycles. The van der Waals surface area contributed by atoms with Crippen LogP contribution in [0.1, 0.15) is 33.1 Å². The maximum Gasteiger partial charge on any atom is 0.306 e. The van der Waals surface area contributed by atoms with E-state index in [4.69, 9.17) is 16.2 Å². The molecule has 0 rings (SSSR count). The van der Waals surface area contributed by atoms with E-state index in [1.165, 1.54) is 0 Å². The number of nitrogens with two attached hydrogens (primary N) is 1. The molecular formula is C9H18N2O2. The normalized spacial score (nSPS) is 12.8. The van der Waals surface area contributed by atoms with E-state index in [0.717, 1.165) is 0 Å². The summed E-state index contributed by atoms with van der Waals surface area (Å²) in [5.41, 5.74) is 5.16. The molecule has 0 fully saturated rings. The highest BCUT2D eigenvalue weighted by Gasteiger charge is 2.18. The highest BCUT2D eigenvalue weighted by molar-refractivity contribution is 5.78. The summed E-state index contributed by atoms with van der Waals surface area (Å²) in [5, 5.41) is 15.8. The zero-order valence-electron chi connectivity index (χ0n) is 8.21. The maximum absolute atomic E-state index is 10.7. The average Bonchev–Trinajstić information content (AvgIpc) is 1.96. The van der Waals surface area contributed by atoms with E-state index in [9.17, 15) is 4.79 Å². The van der Waals surface area contributed by atoms with E-state index in [1.807, 2.05) is 13.8 Å². The van der Waals surface area contributed by atoms with E-state index in [-0.39, 0.29) is 11.8 Å². The minimum atomic E-state index is -0.782. The van der Waals surface area contributed by atoms with Gasteiger partial charge in [0.1, 0.15) is 0 Å². The molecule has 76 valence electrons. The van der Waals surface area contributed by atoms with Crippen LogP contribution in [-0.2, 0) is 4.79 Å². The molecule has 0 aromatic carbocycles. The van der Waals surface area contributed by atoms with Gasteiger partial charge in [0.25, 0.3) is 0 Å². The van der Waals surface area contributed by atoms with E-state index in [2.05, 4.69) is 0 Å². The van der Waals surface area contributed by atoms with Gasteiger partial charge >= 0.3 is 5.97 Å². The lowest BCUT2D eigenvalue weighted by atomic mass is 9.93. The van der Waals surface area contributed by atoms with Gasteiger partial charge in [-0.15, -0.1) is 0 Å². The van der Waals surface area contributed by atoms with Gasteiger partial charge in [-0.25, -0.2) is 0 Å². The average molecular weight is 186 g/mol. The van der Waals surface area contributed by atoms with Crippen LogP contribution >= 0.6 is 0 Å². The van der Waals surface area contributed by atoms with Gasteiger partial charge in [-0.2, -0.15) is 0 Å². The topological polar surface area (TPSA) is 87.2 Å². The van der Waals surface area contributed by atoms with E-state index >= 15 is 0 Å². The van der Waals surface area contributed by atoms with Crippen LogP contribution in [0, 0.1) is 17.2 Å². The van der Waals surface area contributed by atoms with Crippen molar-refractivity contribution < 1.29 is 9.90 Å². The molecule has 0 saturated carbocycles. The first-order valence-electron chi connectivity index (χ1n) is 4.49. The summed E-state index contributed by atoms with van der Waals surface area (Å²) in [7, 11) is 0. The Morgan fingerprint density at radius 3 is 2.38 bits per heavy atom. The van der Waals surface area contributed by atoms with Crippen molar-refractivity contribution >= 4 is 11.8 Å². The van der Waals surface area contributed by atoms with Gasteiger partial charge in [0, 0.05) is 6.42 Å². The summed E-state index contributed by atoms with van der Waals surface area (Å²) in [4.78, 5) is 10.7. The first kappa shape index (κ1) is 11.9. The predicted molar refractivity (Wildman–Crippen MR) is 51.7 cm³/mol. The van der Waals surface area contributed by atoms with Crippen molar-refractivity contribution in [3.8, 4) is 0 Å². The van der Waals surface area contributed by atoms with E-state index in [1.54, 1.807) is 0 Å². The predicted octanol–water partition coefficient (Wildman–Crippen LogP) is 1.45. The van der Waals surface area contributed by atoms with Crippen molar-refractivity contribution in [2.24, 2.45) is 17.6 Å². The Labute approximate surface area is 78.6 Å². The number of carboxylic acid groups (broad SMARTS) is 1. The van der Waals surface area contributed by atoms with E-state index in [0.29, 0.717) is 25.2 Å². The quantitative estimate of drug-likeness (QED) is 0.433. The standard InChI is InChI=1S/C9H18N2O2/c1-6(2)5-7(9(12)13)3-4-8(10)11/h6-7H,3-5H2,1-2H3,(H3,10,11)(H,12,13). The van der Waals surface area contributed by atoms with Gasteiger partial charge in [-0.1, -0.05) is 13.8 Å². The molecule has 0 aromatic rings. The van der Waals surface area contributed by atoms with Crippen LogP contribution < -0.4 is 5.73 Å². The number of aliphatic carboxylic acids is 1. The molecule has 0 spiro atoms. The third-order valence-corrected chi connectivity index (χ3v) is 1.87. The summed E-state index contributed by atoms with van der Waals surface area (Å²) in [6, 6.07) is 0. The maximum atomic E-state index is 10.7. The molecule has 0 aliphatic rings. The zero-order valence-corrected chi connectivity index (χ0v) is 8.21. The fraction of sp³-hybridized carbons (Fsp3) is 0.778. The lowest BCUT2D eigenvalue weighted by molar-refractivity contribution is -0.142. The first-order valence-corrected chi connectivity index (χ1v) is 4.49. The van der Waals surface area contributed by atoms with Crippen molar-refractivity contribution in [3.05, 3.63) is 0 Å². The Bertz CT molecular complexity index is 190. The van der Waals surface area contributed by atoms with Crippen LogP contribution in [0.4, 0.5) is 0 Å². The molecule has 0 aliphatic carbocycles. The van der Waals surface area contributed by atoms with Gasteiger partial charge in [0.05, 0.1) is 11.8 Å². The van der Waals surface area contributed by atoms with Crippen molar-refractivity contribution in [2.75, 3.05) is 0 Å². The molecule has 4 heteroatoms. The second kappa shape index (κ2) is 5.56. The third kappa shape index (κ3) is 6.13. The molecule has 4 N–H and O–H groups in total. The molecule has 0 heterocycles. The third-order valence-electron chi connectivity index (χ3n) is 1.87. The number of hydrogen-bond donors (Lipinski definition) is 3. The largest absolute Gasteiger partial charge is 0.481 e. The number of hydrogen-bond acceptors (Lipinski definition) is 2. The number of amidine groups is 1. The molecule has 0 radical (unpaired) electrons. The summed E-state index contributed by atoms with van der Waals surface area (Å²) in [6.07, 6.45) is 1.51. The highest BCUT2D eigenvalue weighted by atomic mass is 16.4. The monoisotopic (exact) mass is 186 g/mol. The number of nitrogens with one attached hydrogen (secondary N) is 1. The Balaban J connectivity index is 3.95. The van der Waals surface area contributed by atoms with Crippen molar-refractivity contribution in [1.29, 1.82) is 5.41 Å². The second-order valence-electron chi connectivity index (χ2n) is 3.73. The highest BCUT2D eigenvalue weighted by Crippen LogP contribution is 2.17. The zero-order chi connectivity index (χ0) is 10.4. The molecule has 13 heavy (non-hydrogen) atoms. The van der Waals surface area contributed by atoms with Gasteiger partial charge in [0.15, 0.2) is 0 Å². The molecule has 1 atom stereocenters. The first-order chi connectivity index (χ1) is 5.93. The SMILES string of the molecule is CC(C)CC(CCC(=N)N)C(=O)O. The van der Waals surface area contributed by atoms with Crippen LogP contribution in [0.15, 0.2) is 0 Å². The lowest BCUT2D eigenvalue weighted by Gasteiger charge is -2.13. The molecule has 4 nitrogen and oxygen atoms in total. The number of rotatable bonds is 6. The second-order valence-corrected chi connectivity index (χ2v) is 3.73. The molecule has 0 aliphatic heterocycles. The van der Waals surface area contributed by atoms with Crippen LogP contribution in [0.25, 0.3) is 0 Å². The van der Waals surface area contributed by atoms with Gasteiger partial charge in [-0.3, -0.25) is 10.2 Å². The van der Waals surface area contributed by atoms with Gasteiger partial charge in [-0.05, 0) is 18.8 Å². The minimum absolute atomic E-state index is 0.0648. The van der Waals surface area contributed by atoms with E-state index < -0.39 is 5.97 Å². The fourth-order valence-corrected chi connectivity index (χ4v) is 1.24. The van der Waals surface area contributed by atoms with Gasteiger partial charge in [0.2, 0.25) is 0 Å². The minimum Gasteiger partial charge on any atom is -0.481 e. The van der Waals surface area contributed by atoms with Crippen molar-refractivity contribution in [3.63, 3.8) is 0 Å². The summed E-state index contributed by atoms with van der Waals surface area (Å²) >= 11 is 0. The number of carboxylic acids is 1. The molecular weight excluding hydrogens is 168 g/mol. The summed E-state index contributed by atoms with van der Waals surface area (Å²) in [6.45, 7) is 3.98.